The molecular weight excluding hydrogens is 266 g/mol. The Balaban J connectivity index is 2.98. The van der Waals surface area contributed by atoms with E-state index in [2.05, 4.69) is 32.6 Å². The lowest BCUT2D eigenvalue weighted by atomic mass is 10.1. The summed E-state index contributed by atoms with van der Waals surface area (Å²) in [5.74, 6) is 1.14. The molecule has 4 heteroatoms. The number of ether oxygens (including phenoxy) is 2. The van der Waals surface area contributed by atoms with Crippen LogP contribution >= 0.6 is 0 Å². The molecule has 0 saturated heterocycles. The summed E-state index contributed by atoms with van der Waals surface area (Å²) in [5.41, 5.74) is 0.551. The summed E-state index contributed by atoms with van der Waals surface area (Å²) < 4.78 is 10.4. The Kier molecular flexibility index (Phi) is 6.28. The fraction of sp³-hybridized carbons (Fsp3) is 0.471. The second-order valence-electron chi connectivity index (χ2n) is 5.42. The van der Waals surface area contributed by atoms with E-state index in [0.29, 0.717) is 29.1 Å². The van der Waals surface area contributed by atoms with E-state index in [1.165, 1.54) is 0 Å². The fourth-order valence-corrected chi connectivity index (χ4v) is 2.14. The first-order chi connectivity index (χ1) is 9.88. The molecule has 21 heavy (non-hydrogen) atoms. The van der Waals surface area contributed by atoms with E-state index >= 15 is 0 Å². The minimum absolute atomic E-state index is 0.0708. The van der Waals surface area contributed by atoms with Crippen LogP contribution in [0.4, 0.5) is 0 Å². The zero-order chi connectivity index (χ0) is 16.0. The van der Waals surface area contributed by atoms with Crippen LogP contribution in [0.3, 0.4) is 0 Å². The Morgan fingerprint density at radius 2 is 1.48 bits per heavy atom. The van der Waals surface area contributed by atoms with Gasteiger partial charge in [-0.25, -0.2) is 0 Å². The molecule has 116 valence electrons. The second-order valence-corrected chi connectivity index (χ2v) is 5.42. The third-order valence-electron chi connectivity index (χ3n) is 3.23. The predicted molar refractivity (Wildman–Crippen MR) is 85.1 cm³/mol. The average Bonchev–Trinajstić information content (AvgIpc) is 2.45. The van der Waals surface area contributed by atoms with E-state index in [-0.39, 0.29) is 5.78 Å². The van der Waals surface area contributed by atoms with Gasteiger partial charge in [-0.2, -0.15) is 0 Å². The summed E-state index contributed by atoms with van der Waals surface area (Å²) >= 11 is 0. The largest absolute Gasteiger partial charge is 0.497 e. The van der Waals surface area contributed by atoms with Crippen LogP contribution in [-0.2, 0) is 0 Å². The lowest BCUT2D eigenvalue weighted by Crippen LogP contribution is -2.32. The van der Waals surface area contributed by atoms with Gasteiger partial charge in [-0.15, -0.1) is 0 Å². The lowest BCUT2D eigenvalue weighted by molar-refractivity contribution is 0.104. The number of ketones is 1. The molecule has 0 spiro atoms. The molecule has 1 rings (SSSR count). The van der Waals surface area contributed by atoms with Crippen LogP contribution in [0.1, 0.15) is 38.1 Å². The van der Waals surface area contributed by atoms with E-state index in [1.807, 2.05) is 6.20 Å². The maximum absolute atomic E-state index is 12.3. The van der Waals surface area contributed by atoms with Gasteiger partial charge in [0.2, 0.25) is 0 Å². The Hall–Kier alpha value is -1.97. The molecular formula is C17H25NO3. The van der Waals surface area contributed by atoms with Gasteiger partial charge in [-0.1, -0.05) is 0 Å². The van der Waals surface area contributed by atoms with Gasteiger partial charge in [-0.05, 0) is 39.8 Å². The average molecular weight is 291 g/mol. The maximum atomic E-state index is 12.3. The summed E-state index contributed by atoms with van der Waals surface area (Å²) in [5, 5.41) is 0. The predicted octanol–water partition coefficient (Wildman–Crippen LogP) is 3.52. The van der Waals surface area contributed by atoms with Gasteiger partial charge in [0.15, 0.2) is 5.78 Å². The lowest BCUT2D eigenvalue weighted by Gasteiger charge is -2.29. The van der Waals surface area contributed by atoms with Crippen molar-refractivity contribution in [3.05, 3.63) is 36.0 Å². The summed E-state index contributed by atoms with van der Waals surface area (Å²) in [6.07, 6.45) is 3.44. The fourth-order valence-electron chi connectivity index (χ4n) is 2.14. The molecule has 0 radical (unpaired) electrons. The number of benzene rings is 1. The van der Waals surface area contributed by atoms with Crippen LogP contribution in [0, 0.1) is 0 Å². The molecule has 0 aromatic heterocycles. The Morgan fingerprint density at radius 1 is 1.00 bits per heavy atom. The summed E-state index contributed by atoms with van der Waals surface area (Å²) in [7, 11) is 3.14. The number of hydrogen-bond donors (Lipinski definition) is 0. The van der Waals surface area contributed by atoms with Crippen LogP contribution in [-0.4, -0.2) is 37.0 Å². The molecule has 0 bridgehead atoms. The minimum Gasteiger partial charge on any atom is -0.497 e. The van der Waals surface area contributed by atoms with E-state index in [9.17, 15) is 4.79 Å². The number of carbonyl (C=O) groups excluding carboxylic acids is 1. The van der Waals surface area contributed by atoms with Gasteiger partial charge >= 0.3 is 0 Å². The van der Waals surface area contributed by atoms with Crippen molar-refractivity contribution in [1.82, 2.24) is 4.90 Å². The second kappa shape index (κ2) is 7.72. The van der Waals surface area contributed by atoms with Gasteiger partial charge in [0.05, 0.1) is 14.2 Å². The highest BCUT2D eigenvalue weighted by atomic mass is 16.5. The molecule has 0 aliphatic carbocycles. The van der Waals surface area contributed by atoms with Crippen molar-refractivity contribution in [2.75, 3.05) is 14.2 Å². The van der Waals surface area contributed by atoms with Crippen molar-refractivity contribution in [3.63, 3.8) is 0 Å². The van der Waals surface area contributed by atoms with Crippen molar-refractivity contribution in [1.29, 1.82) is 0 Å². The first-order valence-corrected chi connectivity index (χ1v) is 7.12. The van der Waals surface area contributed by atoms with Crippen LogP contribution in [0.5, 0.6) is 11.5 Å². The molecule has 0 unspecified atom stereocenters. The monoisotopic (exact) mass is 291 g/mol. The zero-order valence-corrected chi connectivity index (χ0v) is 13.7. The highest BCUT2D eigenvalue weighted by Gasteiger charge is 2.11. The Labute approximate surface area is 127 Å². The van der Waals surface area contributed by atoms with E-state index in [1.54, 1.807) is 38.5 Å². The molecule has 0 saturated carbocycles. The topological polar surface area (TPSA) is 38.8 Å². The maximum Gasteiger partial charge on any atom is 0.187 e. The highest BCUT2D eigenvalue weighted by molar-refractivity contribution is 6.05. The number of allylic oxidation sites excluding steroid dienone is 1. The smallest absolute Gasteiger partial charge is 0.187 e. The zero-order valence-electron chi connectivity index (χ0n) is 13.7. The number of methoxy groups -OCH3 is 2. The molecule has 0 heterocycles. The molecule has 0 aliphatic rings. The first kappa shape index (κ1) is 17.1. The Morgan fingerprint density at radius 3 is 1.86 bits per heavy atom. The number of rotatable bonds is 7. The third kappa shape index (κ3) is 4.81. The number of hydrogen-bond acceptors (Lipinski definition) is 4. The molecule has 4 nitrogen and oxygen atoms in total. The molecule has 0 N–H and O–H groups in total. The van der Waals surface area contributed by atoms with E-state index < -0.39 is 0 Å². The molecule has 0 fully saturated rings. The van der Waals surface area contributed by atoms with Gasteiger partial charge in [0, 0.05) is 36.0 Å². The van der Waals surface area contributed by atoms with Crippen LogP contribution in [0.2, 0.25) is 0 Å². The number of carbonyl (C=O) groups is 1. The quantitative estimate of drug-likeness (QED) is 0.569. The van der Waals surface area contributed by atoms with Crippen molar-refractivity contribution in [2.24, 2.45) is 0 Å². The van der Waals surface area contributed by atoms with E-state index in [4.69, 9.17) is 9.47 Å². The van der Waals surface area contributed by atoms with E-state index in [0.717, 1.165) is 0 Å². The van der Waals surface area contributed by atoms with Crippen molar-refractivity contribution >= 4 is 5.78 Å². The van der Waals surface area contributed by atoms with Crippen molar-refractivity contribution in [2.45, 2.75) is 39.8 Å². The van der Waals surface area contributed by atoms with Gasteiger partial charge in [-0.3, -0.25) is 4.79 Å². The molecule has 0 atom stereocenters. The normalized spacial score (nSPS) is 11.2. The van der Waals surface area contributed by atoms with Gasteiger partial charge in [0.1, 0.15) is 11.5 Å². The minimum atomic E-state index is -0.0708. The van der Waals surface area contributed by atoms with Crippen molar-refractivity contribution in [3.8, 4) is 11.5 Å². The van der Waals surface area contributed by atoms with Gasteiger partial charge < -0.3 is 14.4 Å². The molecule has 0 amide bonds. The highest BCUT2D eigenvalue weighted by Crippen LogP contribution is 2.23. The van der Waals surface area contributed by atoms with Crippen LogP contribution in [0.25, 0.3) is 0 Å². The van der Waals surface area contributed by atoms with Crippen LogP contribution < -0.4 is 9.47 Å². The Bertz CT molecular complexity index is 477. The van der Waals surface area contributed by atoms with Crippen LogP contribution in [0.15, 0.2) is 30.5 Å². The number of nitrogens with zero attached hydrogens (tertiary/aromatic N) is 1. The SMILES string of the molecule is COc1cc(OC)cc(C(=O)/C=C/N(C(C)C)C(C)C)c1. The molecule has 0 aliphatic heterocycles. The summed E-state index contributed by atoms with van der Waals surface area (Å²) in [6.45, 7) is 8.40. The summed E-state index contributed by atoms with van der Waals surface area (Å²) in [6, 6.07) is 5.85. The summed E-state index contributed by atoms with van der Waals surface area (Å²) in [4.78, 5) is 14.4. The first-order valence-electron chi connectivity index (χ1n) is 7.12. The van der Waals surface area contributed by atoms with Crippen molar-refractivity contribution < 1.29 is 14.3 Å². The third-order valence-corrected chi connectivity index (χ3v) is 3.23. The standard InChI is InChI=1S/C17H25NO3/c1-12(2)18(13(3)4)8-7-17(19)14-9-15(20-5)11-16(10-14)21-6/h7-13H,1-6H3/b8-7+. The van der Waals surface area contributed by atoms with Gasteiger partial charge in [0.25, 0.3) is 0 Å². The molecule has 1 aromatic carbocycles. The molecule has 1 aromatic rings.